The van der Waals surface area contributed by atoms with E-state index < -0.39 is 10.1 Å². The van der Waals surface area contributed by atoms with Crippen LogP contribution in [0, 0.1) is 0 Å². The van der Waals surface area contributed by atoms with Crippen molar-refractivity contribution in [1.82, 2.24) is 0 Å². The van der Waals surface area contributed by atoms with E-state index in [0.29, 0.717) is 6.42 Å². The van der Waals surface area contributed by atoms with Gasteiger partial charge in [0.2, 0.25) is 0 Å². The van der Waals surface area contributed by atoms with Crippen molar-refractivity contribution in [3.05, 3.63) is 29.8 Å². The van der Waals surface area contributed by atoms with Gasteiger partial charge in [0.1, 0.15) is 5.75 Å². The second kappa shape index (κ2) is 5.14. The zero-order chi connectivity index (χ0) is 11.3. The quantitative estimate of drug-likeness (QED) is 0.774. The Labute approximate surface area is 89.6 Å². The Morgan fingerprint density at radius 1 is 1.27 bits per heavy atom. The molecule has 4 nitrogen and oxygen atoms in total. The number of phenols is 1. The van der Waals surface area contributed by atoms with Crippen LogP contribution in [-0.4, -0.2) is 25.9 Å². The maximum absolute atomic E-state index is 11.2. The Kier molecular flexibility index (Phi) is 4.11. The molecule has 0 heterocycles. The van der Waals surface area contributed by atoms with Crippen LogP contribution in [0.15, 0.2) is 24.3 Å². The van der Waals surface area contributed by atoms with Gasteiger partial charge in [-0.1, -0.05) is 12.1 Å². The monoisotopic (exact) mass is 230 g/mol. The summed E-state index contributed by atoms with van der Waals surface area (Å²) < 4.78 is 27.0. The molecule has 1 aromatic carbocycles. The molecule has 0 spiro atoms. The summed E-state index contributed by atoms with van der Waals surface area (Å²) in [6.45, 7) is 1.80. The van der Waals surface area contributed by atoms with Crippen molar-refractivity contribution in [2.45, 2.75) is 13.3 Å². The van der Waals surface area contributed by atoms with Gasteiger partial charge < -0.3 is 5.11 Å². The first-order chi connectivity index (χ1) is 7.03. The number of phenolic OH excluding ortho intramolecular Hbond substituents is 1. The molecule has 0 saturated carbocycles. The first-order valence-corrected chi connectivity index (χ1v) is 6.26. The maximum Gasteiger partial charge on any atom is 0.267 e. The van der Waals surface area contributed by atoms with E-state index in [4.69, 9.17) is 5.11 Å². The second-order valence-corrected chi connectivity index (χ2v) is 4.84. The fraction of sp³-hybridized carbons (Fsp3) is 0.400. The van der Waals surface area contributed by atoms with Crippen LogP contribution in [-0.2, 0) is 20.7 Å². The van der Waals surface area contributed by atoms with Crippen LogP contribution in [0.2, 0.25) is 0 Å². The molecular formula is C10H14O4S. The average molecular weight is 230 g/mol. The van der Waals surface area contributed by atoms with Gasteiger partial charge in [0, 0.05) is 0 Å². The summed E-state index contributed by atoms with van der Waals surface area (Å²) in [5.74, 6) is 0.137. The fourth-order valence-corrected chi connectivity index (χ4v) is 2.11. The Hall–Kier alpha value is -1.07. The summed E-state index contributed by atoms with van der Waals surface area (Å²) in [6.07, 6.45) is 0.391. The van der Waals surface area contributed by atoms with Gasteiger partial charge in [-0.05, 0) is 31.0 Å². The molecule has 0 saturated heterocycles. The highest BCUT2D eigenvalue weighted by molar-refractivity contribution is 7.86. The number of hydrogen-bond acceptors (Lipinski definition) is 4. The SMILES string of the molecule is CCOS(=O)(=O)CCc1ccc(O)cc1. The lowest BCUT2D eigenvalue weighted by molar-refractivity contribution is 0.338. The lowest BCUT2D eigenvalue weighted by atomic mass is 10.2. The van der Waals surface area contributed by atoms with E-state index in [1.165, 1.54) is 12.1 Å². The minimum atomic E-state index is -3.40. The van der Waals surface area contributed by atoms with E-state index in [0.717, 1.165) is 5.56 Å². The van der Waals surface area contributed by atoms with E-state index in [1.807, 2.05) is 0 Å². The van der Waals surface area contributed by atoms with Gasteiger partial charge in [-0.15, -0.1) is 0 Å². The number of rotatable bonds is 5. The molecule has 5 heteroatoms. The zero-order valence-electron chi connectivity index (χ0n) is 8.51. The first kappa shape index (κ1) is 12.0. The van der Waals surface area contributed by atoms with Crippen LogP contribution >= 0.6 is 0 Å². The van der Waals surface area contributed by atoms with Crippen molar-refractivity contribution < 1.29 is 17.7 Å². The van der Waals surface area contributed by atoms with Crippen LogP contribution in [0.3, 0.4) is 0 Å². The molecule has 1 N–H and O–H groups in total. The molecule has 0 atom stereocenters. The molecule has 0 amide bonds. The molecule has 0 aliphatic heterocycles. The fourth-order valence-electron chi connectivity index (χ4n) is 1.14. The summed E-state index contributed by atoms with van der Waals surface area (Å²) >= 11 is 0. The molecule has 1 aromatic rings. The Balaban J connectivity index is 2.54. The third kappa shape index (κ3) is 4.31. The third-order valence-electron chi connectivity index (χ3n) is 1.87. The van der Waals surface area contributed by atoms with Crippen molar-refractivity contribution in [3.63, 3.8) is 0 Å². The lowest BCUT2D eigenvalue weighted by Crippen LogP contribution is -2.12. The molecule has 15 heavy (non-hydrogen) atoms. The molecule has 0 radical (unpaired) electrons. The van der Waals surface area contributed by atoms with Gasteiger partial charge in [0.25, 0.3) is 10.1 Å². The molecule has 0 bridgehead atoms. The Morgan fingerprint density at radius 3 is 2.40 bits per heavy atom. The molecule has 0 aliphatic carbocycles. The van der Waals surface area contributed by atoms with Crippen LogP contribution in [0.4, 0.5) is 0 Å². The van der Waals surface area contributed by atoms with Crippen molar-refractivity contribution >= 4 is 10.1 Å². The molecule has 0 aliphatic rings. The first-order valence-electron chi connectivity index (χ1n) is 4.68. The third-order valence-corrected chi connectivity index (χ3v) is 3.17. The van der Waals surface area contributed by atoms with Crippen molar-refractivity contribution in [1.29, 1.82) is 0 Å². The van der Waals surface area contributed by atoms with Gasteiger partial charge in [-0.2, -0.15) is 8.42 Å². The highest BCUT2D eigenvalue weighted by Gasteiger charge is 2.09. The van der Waals surface area contributed by atoms with E-state index >= 15 is 0 Å². The zero-order valence-corrected chi connectivity index (χ0v) is 9.33. The summed E-state index contributed by atoms with van der Waals surface area (Å²) in [7, 11) is -3.40. The molecule has 1 rings (SSSR count). The smallest absolute Gasteiger partial charge is 0.267 e. The van der Waals surface area contributed by atoms with Gasteiger partial charge >= 0.3 is 0 Å². The predicted octanol–water partition coefficient (Wildman–Crippen LogP) is 1.30. The highest BCUT2D eigenvalue weighted by Crippen LogP contribution is 2.10. The minimum Gasteiger partial charge on any atom is -0.508 e. The molecule has 0 fully saturated rings. The van der Waals surface area contributed by atoms with Crippen molar-refractivity contribution in [2.75, 3.05) is 12.4 Å². The van der Waals surface area contributed by atoms with Gasteiger partial charge in [-0.3, -0.25) is 4.18 Å². The Morgan fingerprint density at radius 2 is 1.87 bits per heavy atom. The van der Waals surface area contributed by atoms with Gasteiger partial charge in [0.05, 0.1) is 12.4 Å². The Bertz CT molecular complexity index is 394. The van der Waals surface area contributed by atoms with E-state index in [9.17, 15) is 8.42 Å². The van der Waals surface area contributed by atoms with Gasteiger partial charge in [-0.25, -0.2) is 0 Å². The second-order valence-electron chi connectivity index (χ2n) is 3.08. The van der Waals surface area contributed by atoms with E-state index in [1.54, 1.807) is 19.1 Å². The number of aryl methyl sites for hydroxylation is 1. The van der Waals surface area contributed by atoms with E-state index in [-0.39, 0.29) is 18.1 Å². The summed E-state index contributed by atoms with van der Waals surface area (Å²) in [6, 6.07) is 6.44. The normalized spacial score (nSPS) is 11.5. The molecule has 0 unspecified atom stereocenters. The number of aromatic hydroxyl groups is 1. The topological polar surface area (TPSA) is 63.6 Å². The maximum atomic E-state index is 11.2. The lowest BCUT2D eigenvalue weighted by Gasteiger charge is -2.03. The summed E-state index contributed by atoms with van der Waals surface area (Å²) in [4.78, 5) is 0. The number of hydrogen-bond donors (Lipinski definition) is 1. The van der Waals surface area contributed by atoms with Gasteiger partial charge in [0.15, 0.2) is 0 Å². The van der Waals surface area contributed by atoms with Crippen LogP contribution in [0.1, 0.15) is 12.5 Å². The average Bonchev–Trinajstić information content (AvgIpc) is 2.17. The van der Waals surface area contributed by atoms with Crippen LogP contribution in [0.25, 0.3) is 0 Å². The molecular weight excluding hydrogens is 216 g/mol. The standard InChI is InChI=1S/C10H14O4S/c1-2-14-15(12,13)8-7-9-3-5-10(11)6-4-9/h3-6,11H,2,7-8H2,1H3. The number of benzene rings is 1. The van der Waals surface area contributed by atoms with E-state index in [2.05, 4.69) is 4.18 Å². The van der Waals surface area contributed by atoms with Crippen molar-refractivity contribution in [2.24, 2.45) is 0 Å². The molecule has 0 aromatic heterocycles. The molecule has 84 valence electrons. The van der Waals surface area contributed by atoms with Crippen LogP contribution < -0.4 is 0 Å². The van der Waals surface area contributed by atoms with Crippen molar-refractivity contribution in [3.8, 4) is 5.75 Å². The highest BCUT2D eigenvalue weighted by atomic mass is 32.2. The minimum absolute atomic E-state index is 0.0361. The summed E-state index contributed by atoms with van der Waals surface area (Å²) in [5.41, 5.74) is 0.857. The van der Waals surface area contributed by atoms with Crippen LogP contribution in [0.5, 0.6) is 5.75 Å². The largest absolute Gasteiger partial charge is 0.508 e. The summed E-state index contributed by atoms with van der Waals surface area (Å²) in [5, 5.41) is 9.03. The predicted molar refractivity (Wildman–Crippen MR) is 57.2 cm³/mol.